The minimum atomic E-state index is -0.429. The number of imide groups is 1. The number of carbonyl (C=O) groups is 3. The summed E-state index contributed by atoms with van der Waals surface area (Å²) >= 11 is 0. The molecule has 1 aromatic carbocycles. The maximum atomic E-state index is 12.7. The molecule has 2 N–H and O–H groups in total. The summed E-state index contributed by atoms with van der Waals surface area (Å²) in [7, 11) is 0. The van der Waals surface area contributed by atoms with Gasteiger partial charge in [-0.15, -0.1) is 0 Å². The summed E-state index contributed by atoms with van der Waals surface area (Å²) in [5.41, 5.74) is 1.71. The second kappa shape index (κ2) is 6.02. The Balaban J connectivity index is 1.39. The van der Waals surface area contributed by atoms with Crippen molar-refractivity contribution in [3.63, 3.8) is 0 Å². The molecule has 1 heterocycles. The number of aryl methyl sites for hydroxylation is 1. The normalized spacial score (nSPS) is 29.7. The number of urea groups is 1. The standard InChI is InChI=1S/C19H21N3O3/c1-11-3-2-4-14(9-11)21-19(25)20-10-22-17(23)15-12-5-6-13(8-7-12)16(15)18(22)24/h2-6,9,12-13,15-16H,7-8,10H2,1H3,(H2,20,21,25)/t12-,13-,15-,16+/m0/s1. The van der Waals surface area contributed by atoms with Gasteiger partial charge in [0.05, 0.1) is 11.8 Å². The third kappa shape index (κ3) is 2.71. The van der Waals surface area contributed by atoms with Crippen molar-refractivity contribution in [2.45, 2.75) is 19.8 Å². The Bertz CT molecular complexity index is 741. The highest BCUT2D eigenvalue weighted by molar-refractivity contribution is 6.06. The van der Waals surface area contributed by atoms with Crippen molar-refractivity contribution in [2.24, 2.45) is 23.7 Å². The highest BCUT2D eigenvalue weighted by Gasteiger charge is 2.56. The molecule has 130 valence electrons. The van der Waals surface area contributed by atoms with E-state index in [1.165, 1.54) is 4.90 Å². The van der Waals surface area contributed by atoms with E-state index in [1.54, 1.807) is 6.07 Å². The number of anilines is 1. The van der Waals surface area contributed by atoms with Gasteiger partial charge in [-0.3, -0.25) is 14.5 Å². The van der Waals surface area contributed by atoms with Crippen LogP contribution in [0.25, 0.3) is 0 Å². The number of rotatable bonds is 3. The minimum absolute atomic E-state index is 0.0816. The fourth-order valence-corrected chi connectivity index (χ4v) is 4.34. The van der Waals surface area contributed by atoms with Gasteiger partial charge in [-0.25, -0.2) is 4.79 Å². The van der Waals surface area contributed by atoms with Gasteiger partial charge in [0.15, 0.2) is 0 Å². The molecule has 0 unspecified atom stereocenters. The van der Waals surface area contributed by atoms with Gasteiger partial charge >= 0.3 is 6.03 Å². The highest BCUT2D eigenvalue weighted by atomic mass is 16.2. The molecule has 1 aromatic rings. The van der Waals surface area contributed by atoms with Gasteiger partial charge in [0.25, 0.3) is 0 Å². The van der Waals surface area contributed by atoms with Crippen molar-refractivity contribution >= 4 is 23.5 Å². The van der Waals surface area contributed by atoms with Crippen LogP contribution in [-0.2, 0) is 9.59 Å². The maximum absolute atomic E-state index is 12.7. The van der Waals surface area contributed by atoms with Crippen molar-refractivity contribution in [2.75, 3.05) is 12.0 Å². The number of benzene rings is 1. The Kier molecular flexibility index (Phi) is 3.82. The molecule has 4 amide bonds. The number of likely N-dealkylation sites (tertiary alicyclic amines) is 1. The molecule has 1 aliphatic heterocycles. The smallest absolute Gasteiger partial charge is 0.320 e. The molecule has 3 aliphatic carbocycles. The van der Waals surface area contributed by atoms with Gasteiger partial charge in [0, 0.05) is 5.69 Å². The largest absolute Gasteiger partial charge is 0.320 e. The summed E-state index contributed by atoms with van der Waals surface area (Å²) in [6.07, 6.45) is 6.11. The number of amides is 4. The first-order valence-corrected chi connectivity index (χ1v) is 8.69. The molecule has 5 rings (SSSR count). The van der Waals surface area contributed by atoms with Gasteiger partial charge in [0.2, 0.25) is 11.8 Å². The average Bonchev–Trinajstić information content (AvgIpc) is 2.87. The molecule has 1 saturated carbocycles. The Hall–Kier alpha value is -2.63. The number of hydrogen-bond donors (Lipinski definition) is 2. The lowest BCUT2D eigenvalue weighted by Gasteiger charge is -2.38. The molecule has 0 spiro atoms. The van der Waals surface area contributed by atoms with E-state index >= 15 is 0 Å². The molecule has 4 atom stereocenters. The Morgan fingerprint density at radius 1 is 1.12 bits per heavy atom. The number of nitrogens with zero attached hydrogens (tertiary/aromatic N) is 1. The number of allylic oxidation sites excluding steroid dienone is 2. The molecule has 1 saturated heterocycles. The highest BCUT2D eigenvalue weighted by Crippen LogP contribution is 2.49. The summed E-state index contributed by atoms with van der Waals surface area (Å²) in [6, 6.07) is 7.00. The zero-order chi connectivity index (χ0) is 17.6. The monoisotopic (exact) mass is 339 g/mol. The average molecular weight is 339 g/mol. The van der Waals surface area contributed by atoms with E-state index in [0.717, 1.165) is 18.4 Å². The minimum Gasteiger partial charge on any atom is -0.320 e. The quantitative estimate of drug-likeness (QED) is 0.655. The number of fused-ring (bicyclic) bond motifs is 1. The third-order valence-corrected chi connectivity index (χ3v) is 5.52. The molecular weight excluding hydrogens is 318 g/mol. The van der Waals surface area contributed by atoms with Crippen LogP contribution in [0.1, 0.15) is 18.4 Å². The van der Waals surface area contributed by atoms with Crippen molar-refractivity contribution < 1.29 is 14.4 Å². The first-order valence-electron chi connectivity index (χ1n) is 8.69. The topological polar surface area (TPSA) is 78.5 Å². The molecule has 4 aliphatic rings. The first kappa shape index (κ1) is 15.9. The van der Waals surface area contributed by atoms with Crippen molar-refractivity contribution in [1.82, 2.24) is 10.2 Å². The van der Waals surface area contributed by atoms with E-state index < -0.39 is 6.03 Å². The van der Waals surface area contributed by atoms with E-state index in [-0.39, 0.29) is 42.2 Å². The van der Waals surface area contributed by atoms with Crippen molar-refractivity contribution in [3.05, 3.63) is 42.0 Å². The van der Waals surface area contributed by atoms with Crippen LogP contribution in [0.2, 0.25) is 0 Å². The van der Waals surface area contributed by atoms with Gasteiger partial charge in [-0.2, -0.15) is 0 Å². The molecule has 25 heavy (non-hydrogen) atoms. The van der Waals surface area contributed by atoms with Crippen LogP contribution in [0.3, 0.4) is 0 Å². The zero-order valence-corrected chi connectivity index (χ0v) is 14.1. The Morgan fingerprint density at radius 3 is 2.32 bits per heavy atom. The van der Waals surface area contributed by atoms with Crippen molar-refractivity contribution in [1.29, 1.82) is 0 Å². The molecular formula is C19H21N3O3. The number of nitrogens with one attached hydrogen (secondary N) is 2. The van der Waals surface area contributed by atoms with Crippen LogP contribution in [0.4, 0.5) is 10.5 Å². The molecule has 6 heteroatoms. The second-order valence-corrected chi connectivity index (χ2v) is 7.10. The number of hydrogen-bond acceptors (Lipinski definition) is 3. The van der Waals surface area contributed by atoms with Gasteiger partial charge < -0.3 is 10.6 Å². The Morgan fingerprint density at radius 2 is 1.76 bits per heavy atom. The summed E-state index contributed by atoms with van der Waals surface area (Å²) in [4.78, 5) is 38.6. The molecule has 2 fully saturated rings. The second-order valence-electron chi connectivity index (χ2n) is 7.10. The molecule has 0 radical (unpaired) electrons. The van der Waals surface area contributed by atoms with E-state index in [4.69, 9.17) is 0 Å². The van der Waals surface area contributed by atoms with Crippen LogP contribution in [0, 0.1) is 30.6 Å². The Labute approximate surface area is 146 Å². The fraction of sp³-hybridized carbons (Fsp3) is 0.421. The third-order valence-electron chi connectivity index (χ3n) is 5.52. The molecule has 0 aromatic heterocycles. The predicted octanol–water partition coefficient (Wildman–Crippen LogP) is 2.27. The molecule has 6 nitrogen and oxygen atoms in total. The van der Waals surface area contributed by atoms with E-state index in [9.17, 15) is 14.4 Å². The summed E-state index contributed by atoms with van der Waals surface area (Å²) in [5.74, 6) is -0.444. The maximum Gasteiger partial charge on any atom is 0.320 e. The van der Waals surface area contributed by atoms with Crippen LogP contribution in [0.5, 0.6) is 0 Å². The molecule has 2 bridgehead atoms. The lowest BCUT2D eigenvalue weighted by atomic mass is 9.63. The van der Waals surface area contributed by atoms with Gasteiger partial charge in [-0.1, -0.05) is 24.3 Å². The van der Waals surface area contributed by atoms with E-state index in [2.05, 4.69) is 22.8 Å². The zero-order valence-electron chi connectivity index (χ0n) is 14.1. The van der Waals surface area contributed by atoms with E-state index in [1.807, 2.05) is 25.1 Å². The van der Waals surface area contributed by atoms with E-state index in [0.29, 0.717) is 5.69 Å². The summed E-state index contributed by atoms with van der Waals surface area (Å²) in [6.45, 7) is 1.86. The number of carbonyl (C=O) groups excluding carboxylic acids is 3. The van der Waals surface area contributed by atoms with Crippen LogP contribution < -0.4 is 10.6 Å². The summed E-state index contributed by atoms with van der Waals surface area (Å²) < 4.78 is 0. The van der Waals surface area contributed by atoms with Crippen LogP contribution >= 0.6 is 0 Å². The lowest BCUT2D eigenvalue weighted by molar-refractivity contribution is -0.140. The van der Waals surface area contributed by atoms with Gasteiger partial charge in [-0.05, 0) is 49.3 Å². The summed E-state index contributed by atoms with van der Waals surface area (Å²) in [5, 5.41) is 5.34. The van der Waals surface area contributed by atoms with Crippen molar-refractivity contribution in [3.8, 4) is 0 Å². The van der Waals surface area contributed by atoms with Crippen LogP contribution in [0.15, 0.2) is 36.4 Å². The van der Waals surface area contributed by atoms with Crippen LogP contribution in [-0.4, -0.2) is 29.4 Å². The van der Waals surface area contributed by atoms with Gasteiger partial charge in [0.1, 0.15) is 6.67 Å². The SMILES string of the molecule is Cc1cccc(NC(=O)NCN2C(=O)[C@@H]3[C@H](C2=O)[C@H]2C=C[C@H]3CC2)c1. The lowest BCUT2D eigenvalue weighted by Crippen LogP contribution is -2.43. The fourth-order valence-electron chi connectivity index (χ4n) is 4.34. The first-order chi connectivity index (χ1) is 12.0. The predicted molar refractivity (Wildman–Crippen MR) is 92.4 cm³/mol.